The van der Waals surface area contributed by atoms with Gasteiger partial charge in [-0.25, -0.2) is 17.8 Å². The highest BCUT2D eigenvalue weighted by Crippen LogP contribution is 2.25. The SMILES string of the molecule is COCCn1c(SCC(=O)N2CCN(S(=O)(=O)c3ccc(F)cc3)CC2)nc2ccccc21. The normalized spacial score (nSPS) is 15.3. The smallest absolute Gasteiger partial charge is 0.243 e. The van der Waals surface area contributed by atoms with Gasteiger partial charge in [-0.2, -0.15) is 4.31 Å². The Labute approximate surface area is 196 Å². The van der Waals surface area contributed by atoms with Crippen LogP contribution in [0, 0.1) is 5.82 Å². The van der Waals surface area contributed by atoms with E-state index in [1.54, 1.807) is 12.0 Å². The quantitative estimate of drug-likeness (QED) is 0.449. The molecule has 1 fully saturated rings. The molecule has 0 saturated carbocycles. The van der Waals surface area contributed by atoms with Gasteiger partial charge in [-0.3, -0.25) is 4.79 Å². The molecule has 0 radical (unpaired) electrons. The molecule has 0 spiro atoms. The molecular formula is C22H25FN4O4S2. The van der Waals surface area contributed by atoms with E-state index < -0.39 is 15.8 Å². The van der Waals surface area contributed by atoms with Crippen LogP contribution in [0.4, 0.5) is 4.39 Å². The lowest BCUT2D eigenvalue weighted by Crippen LogP contribution is -2.50. The molecule has 33 heavy (non-hydrogen) atoms. The van der Waals surface area contributed by atoms with Crippen molar-refractivity contribution in [2.45, 2.75) is 16.6 Å². The van der Waals surface area contributed by atoms with Crippen LogP contribution >= 0.6 is 11.8 Å². The first-order chi connectivity index (χ1) is 15.9. The fourth-order valence-electron chi connectivity index (χ4n) is 3.71. The van der Waals surface area contributed by atoms with Crippen LogP contribution in [-0.2, 0) is 26.1 Å². The number of piperazine rings is 1. The lowest BCUT2D eigenvalue weighted by molar-refractivity contribution is -0.129. The molecule has 0 unspecified atom stereocenters. The van der Waals surface area contributed by atoms with Crippen molar-refractivity contribution in [1.29, 1.82) is 0 Å². The van der Waals surface area contributed by atoms with Gasteiger partial charge in [0.25, 0.3) is 0 Å². The summed E-state index contributed by atoms with van der Waals surface area (Å²) in [5.74, 6) is -0.345. The van der Waals surface area contributed by atoms with Crippen molar-refractivity contribution in [1.82, 2.24) is 18.8 Å². The van der Waals surface area contributed by atoms with Gasteiger partial charge in [0.15, 0.2) is 5.16 Å². The van der Waals surface area contributed by atoms with Gasteiger partial charge in [-0.05, 0) is 36.4 Å². The van der Waals surface area contributed by atoms with E-state index in [1.165, 1.54) is 28.2 Å². The Morgan fingerprint density at radius 2 is 1.79 bits per heavy atom. The van der Waals surface area contributed by atoms with Crippen LogP contribution in [0.5, 0.6) is 0 Å². The summed E-state index contributed by atoms with van der Waals surface area (Å²) < 4.78 is 47.3. The largest absolute Gasteiger partial charge is 0.383 e. The Balaban J connectivity index is 1.37. The number of thioether (sulfide) groups is 1. The molecule has 3 aromatic rings. The first-order valence-corrected chi connectivity index (χ1v) is 12.9. The average Bonchev–Trinajstić information content (AvgIpc) is 3.19. The van der Waals surface area contributed by atoms with Crippen molar-refractivity contribution in [2.75, 3.05) is 45.6 Å². The van der Waals surface area contributed by atoms with Crippen molar-refractivity contribution in [3.63, 3.8) is 0 Å². The number of halogens is 1. The maximum atomic E-state index is 13.1. The summed E-state index contributed by atoms with van der Waals surface area (Å²) in [6.07, 6.45) is 0. The fraction of sp³-hybridized carbons (Fsp3) is 0.364. The number of methoxy groups -OCH3 is 1. The van der Waals surface area contributed by atoms with Gasteiger partial charge in [0.2, 0.25) is 15.9 Å². The second-order valence-electron chi connectivity index (χ2n) is 7.55. The van der Waals surface area contributed by atoms with Crippen LogP contribution < -0.4 is 0 Å². The standard InChI is InChI=1S/C22H25FN4O4S2/c1-31-15-14-27-20-5-3-2-4-19(20)24-22(27)32-16-21(28)25-10-12-26(13-11-25)33(29,30)18-8-6-17(23)7-9-18/h2-9H,10-16H2,1H3. The van der Waals surface area contributed by atoms with E-state index in [0.717, 1.165) is 28.3 Å². The highest BCUT2D eigenvalue weighted by molar-refractivity contribution is 7.99. The number of aromatic nitrogens is 2. The Kier molecular flexibility index (Phi) is 7.32. The van der Waals surface area contributed by atoms with Gasteiger partial charge in [0, 0.05) is 39.8 Å². The Hall–Kier alpha value is -2.47. The van der Waals surface area contributed by atoms with Crippen molar-refractivity contribution in [3.8, 4) is 0 Å². The van der Waals surface area contributed by atoms with Gasteiger partial charge in [-0.1, -0.05) is 23.9 Å². The monoisotopic (exact) mass is 492 g/mol. The molecule has 2 heterocycles. The third kappa shape index (κ3) is 5.21. The molecule has 1 aliphatic rings. The van der Waals surface area contributed by atoms with Gasteiger partial charge < -0.3 is 14.2 Å². The van der Waals surface area contributed by atoms with Crippen LogP contribution in [0.2, 0.25) is 0 Å². The van der Waals surface area contributed by atoms with Crippen LogP contribution in [-0.4, -0.2) is 78.7 Å². The minimum Gasteiger partial charge on any atom is -0.383 e. The zero-order chi connectivity index (χ0) is 23.4. The zero-order valence-corrected chi connectivity index (χ0v) is 19.8. The first-order valence-electron chi connectivity index (χ1n) is 10.5. The van der Waals surface area contributed by atoms with Crippen LogP contribution in [0.15, 0.2) is 58.6 Å². The number of imidazole rings is 1. The third-order valence-corrected chi connectivity index (χ3v) is 8.38. The number of nitrogens with zero attached hydrogens (tertiary/aromatic N) is 4. The summed E-state index contributed by atoms with van der Waals surface area (Å²) in [5, 5.41) is 0.749. The summed E-state index contributed by atoms with van der Waals surface area (Å²) in [4.78, 5) is 19.2. The van der Waals surface area contributed by atoms with E-state index in [4.69, 9.17) is 4.74 Å². The molecule has 0 bridgehead atoms. The van der Waals surface area contributed by atoms with E-state index in [9.17, 15) is 17.6 Å². The zero-order valence-electron chi connectivity index (χ0n) is 18.2. The number of rotatable bonds is 8. The van der Waals surface area contributed by atoms with Gasteiger partial charge in [-0.15, -0.1) is 0 Å². The fourth-order valence-corrected chi connectivity index (χ4v) is 6.08. The van der Waals surface area contributed by atoms with Gasteiger partial charge in [0.05, 0.1) is 28.3 Å². The number of benzene rings is 2. The number of amides is 1. The Morgan fingerprint density at radius 1 is 1.09 bits per heavy atom. The molecular weight excluding hydrogens is 467 g/mol. The molecule has 0 atom stereocenters. The molecule has 11 heteroatoms. The maximum Gasteiger partial charge on any atom is 0.243 e. The Bertz CT molecular complexity index is 1220. The van der Waals surface area contributed by atoms with Crippen molar-refractivity contribution in [3.05, 3.63) is 54.3 Å². The van der Waals surface area contributed by atoms with Crippen LogP contribution in [0.25, 0.3) is 11.0 Å². The number of carbonyl (C=O) groups is 1. The highest BCUT2D eigenvalue weighted by Gasteiger charge is 2.30. The van der Waals surface area contributed by atoms with Crippen LogP contribution in [0.3, 0.4) is 0 Å². The van der Waals surface area contributed by atoms with Crippen molar-refractivity contribution in [2.24, 2.45) is 0 Å². The second-order valence-corrected chi connectivity index (χ2v) is 10.4. The molecule has 1 saturated heterocycles. The maximum absolute atomic E-state index is 13.1. The molecule has 1 aliphatic heterocycles. The summed E-state index contributed by atoms with van der Waals surface area (Å²) >= 11 is 1.37. The molecule has 0 N–H and O–H groups in total. The molecule has 2 aromatic carbocycles. The number of carbonyl (C=O) groups excluding carboxylic acids is 1. The molecule has 4 rings (SSSR count). The molecule has 1 amide bonds. The summed E-state index contributed by atoms with van der Waals surface area (Å²) in [6.45, 7) is 2.17. The van der Waals surface area contributed by atoms with Gasteiger partial charge >= 0.3 is 0 Å². The second kappa shape index (κ2) is 10.2. The lowest BCUT2D eigenvalue weighted by atomic mass is 10.3. The number of para-hydroxylation sites is 2. The lowest BCUT2D eigenvalue weighted by Gasteiger charge is -2.34. The van der Waals surface area contributed by atoms with Crippen LogP contribution in [0.1, 0.15) is 0 Å². The van der Waals surface area contributed by atoms with E-state index in [2.05, 4.69) is 4.98 Å². The summed E-state index contributed by atoms with van der Waals surface area (Å²) in [6, 6.07) is 12.6. The number of ether oxygens (including phenoxy) is 1. The minimum absolute atomic E-state index is 0.0502. The topological polar surface area (TPSA) is 84.7 Å². The number of sulfonamides is 1. The third-order valence-electron chi connectivity index (χ3n) is 5.51. The average molecular weight is 493 g/mol. The molecule has 8 nitrogen and oxygen atoms in total. The van der Waals surface area contributed by atoms with E-state index in [-0.39, 0.29) is 29.6 Å². The predicted octanol–water partition coefficient (Wildman–Crippen LogP) is 2.45. The van der Waals surface area contributed by atoms with Crippen molar-refractivity contribution >= 4 is 38.7 Å². The highest BCUT2D eigenvalue weighted by atomic mass is 32.2. The summed E-state index contributed by atoms with van der Waals surface area (Å²) in [7, 11) is -2.07. The predicted molar refractivity (Wildman–Crippen MR) is 124 cm³/mol. The first kappa shape index (κ1) is 23.7. The van der Waals surface area contributed by atoms with E-state index in [0.29, 0.717) is 26.2 Å². The number of hydrogen-bond acceptors (Lipinski definition) is 6. The number of fused-ring (bicyclic) bond motifs is 1. The van der Waals surface area contributed by atoms with E-state index in [1.807, 2.05) is 28.8 Å². The Morgan fingerprint density at radius 3 is 2.48 bits per heavy atom. The molecule has 0 aliphatic carbocycles. The van der Waals surface area contributed by atoms with E-state index >= 15 is 0 Å². The number of hydrogen-bond donors (Lipinski definition) is 0. The minimum atomic E-state index is -3.71. The molecule has 176 valence electrons. The molecule has 1 aromatic heterocycles. The van der Waals surface area contributed by atoms with Gasteiger partial charge in [0.1, 0.15) is 5.82 Å². The summed E-state index contributed by atoms with van der Waals surface area (Å²) in [5.41, 5.74) is 1.85. The van der Waals surface area contributed by atoms with Crippen molar-refractivity contribution < 1.29 is 22.3 Å².